The van der Waals surface area contributed by atoms with Gasteiger partial charge in [0.25, 0.3) is 5.91 Å². The van der Waals surface area contributed by atoms with Crippen LogP contribution in [0.3, 0.4) is 0 Å². The maximum absolute atomic E-state index is 11.7. The van der Waals surface area contributed by atoms with E-state index in [2.05, 4.69) is 10.5 Å². The number of nitrogens with zero attached hydrogens (tertiary/aromatic N) is 1. The number of carbonyl (C=O) groups excluding carboxylic acids is 2. The van der Waals surface area contributed by atoms with E-state index in [-0.39, 0.29) is 11.7 Å². The maximum atomic E-state index is 11.7. The van der Waals surface area contributed by atoms with Crippen LogP contribution in [0.1, 0.15) is 20.7 Å². The van der Waals surface area contributed by atoms with Crippen LogP contribution in [-0.2, 0) is 0 Å². The van der Waals surface area contributed by atoms with E-state index in [0.717, 1.165) is 6.21 Å². The molecule has 4 heteroatoms. The second kappa shape index (κ2) is 6.26. The Morgan fingerprint density at radius 2 is 1.37 bits per heavy atom. The van der Waals surface area contributed by atoms with Crippen LogP contribution >= 0.6 is 0 Å². The number of ketones is 1. The number of rotatable bonds is 4. The molecule has 1 amide bonds. The van der Waals surface area contributed by atoms with Crippen molar-refractivity contribution >= 4 is 17.9 Å². The van der Waals surface area contributed by atoms with Gasteiger partial charge >= 0.3 is 0 Å². The van der Waals surface area contributed by atoms with Crippen molar-refractivity contribution in [3.8, 4) is 0 Å². The predicted molar refractivity (Wildman–Crippen MR) is 73.2 cm³/mol. The Morgan fingerprint density at radius 1 is 0.842 bits per heavy atom. The van der Waals surface area contributed by atoms with Crippen LogP contribution in [0.5, 0.6) is 0 Å². The average molecular weight is 252 g/mol. The fraction of sp³-hybridized carbons (Fsp3) is 0. The molecule has 0 bridgehead atoms. The van der Waals surface area contributed by atoms with E-state index >= 15 is 0 Å². The van der Waals surface area contributed by atoms with Gasteiger partial charge in [-0.1, -0.05) is 48.5 Å². The van der Waals surface area contributed by atoms with Crippen molar-refractivity contribution < 1.29 is 9.59 Å². The number of amides is 1. The second-order valence-corrected chi connectivity index (χ2v) is 3.80. The molecule has 0 heterocycles. The Kier molecular flexibility index (Phi) is 4.18. The second-order valence-electron chi connectivity index (χ2n) is 3.80. The molecule has 0 unspecified atom stereocenters. The third-order valence-electron chi connectivity index (χ3n) is 2.44. The van der Waals surface area contributed by atoms with Gasteiger partial charge in [-0.15, -0.1) is 0 Å². The van der Waals surface area contributed by atoms with Crippen molar-refractivity contribution in [2.24, 2.45) is 5.10 Å². The summed E-state index contributed by atoms with van der Waals surface area (Å²) in [5.74, 6) is -0.605. The molecule has 2 aromatic carbocycles. The Balaban J connectivity index is 1.94. The molecular weight excluding hydrogens is 240 g/mol. The zero-order chi connectivity index (χ0) is 13.5. The van der Waals surface area contributed by atoms with Crippen LogP contribution in [0.2, 0.25) is 0 Å². The zero-order valence-electron chi connectivity index (χ0n) is 10.1. The molecule has 0 fully saturated rings. The molecule has 0 aliphatic heterocycles. The number of hydrazone groups is 1. The number of hydrogen-bond donors (Lipinski definition) is 1. The molecule has 0 aliphatic rings. The van der Waals surface area contributed by atoms with Crippen molar-refractivity contribution in [1.82, 2.24) is 5.43 Å². The molecule has 0 aliphatic carbocycles. The fourth-order valence-electron chi connectivity index (χ4n) is 1.48. The molecule has 4 nitrogen and oxygen atoms in total. The normalized spacial score (nSPS) is 10.3. The van der Waals surface area contributed by atoms with E-state index in [0.29, 0.717) is 11.1 Å². The van der Waals surface area contributed by atoms with Gasteiger partial charge in [-0.05, 0) is 12.1 Å². The first-order chi connectivity index (χ1) is 9.27. The number of nitrogens with one attached hydrogen (secondary N) is 1. The van der Waals surface area contributed by atoms with E-state index in [4.69, 9.17) is 0 Å². The Morgan fingerprint density at radius 3 is 1.95 bits per heavy atom. The van der Waals surface area contributed by atoms with Crippen LogP contribution in [0.4, 0.5) is 0 Å². The Bertz CT molecular complexity index is 592. The first-order valence-electron chi connectivity index (χ1n) is 5.75. The lowest BCUT2D eigenvalue weighted by atomic mass is 10.1. The molecule has 0 aromatic heterocycles. The van der Waals surface area contributed by atoms with Crippen molar-refractivity contribution in [1.29, 1.82) is 0 Å². The summed E-state index contributed by atoms with van der Waals surface area (Å²) in [6, 6.07) is 17.4. The maximum Gasteiger partial charge on any atom is 0.271 e. The van der Waals surface area contributed by atoms with Crippen LogP contribution < -0.4 is 5.43 Å². The molecule has 0 atom stereocenters. The van der Waals surface area contributed by atoms with Gasteiger partial charge in [-0.25, -0.2) is 5.43 Å². The van der Waals surface area contributed by atoms with Crippen molar-refractivity contribution in [2.45, 2.75) is 0 Å². The summed E-state index contributed by atoms with van der Waals surface area (Å²) >= 11 is 0. The number of benzene rings is 2. The lowest BCUT2D eigenvalue weighted by molar-refractivity contribution is 0.0955. The lowest BCUT2D eigenvalue weighted by Gasteiger charge is -1.98. The smallest absolute Gasteiger partial charge is 0.271 e. The third-order valence-corrected chi connectivity index (χ3v) is 2.44. The predicted octanol–water partition coefficient (Wildman–Crippen LogP) is 2.29. The molecular formula is C15H12N2O2. The monoisotopic (exact) mass is 252 g/mol. The summed E-state index contributed by atoms with van der Waals surface area (Å²) in [6.07, 6.45) is 1.09. The average Bonchev–Trinajstić information content (AvgIpc) is 2.49. The van der Waals surface area contributed by atoms with Gasteiger partial charge in [0.05, 0.1) is 6.21 Å². The minimum atomic E-state index is -0.349. The zero-order valence-corrected chi connectivity index (χ0v) is 10.1. The molecule has 1 N–H and O–H groups in total. The van der Waals surface area contributed by atoms with E-state index < -0.39 is 0 Å². The first kappa shape index (κ1) is 12.7. The van der Waals surface area contributed by atoms with Crippen LogP contribution in [0.15, 0.2) is 65.8 Å². The highest BCUT2D eigenvalue weighted by molar-refractivity contribution is 6.35. The topological polar surface area (TPSA) is 58.5 Å². The molecule has 2 rings (SSSR count). The number of Topliss-reactive ketones (excluding diaryl/α,β-unsaturated/α-hetero) is 1. The largest absolute Gasteiger partial charge is 0.287 e. The summed E-state index contributed by atoms with van der Waals surface area (Å²) < 4.78 is 0. The number of hydrogen-bond acceptors (Lipinski definition) is 3. The summed E-state index contributed by atoms with van der Waals surface area (Å²) in [7, 11) is 0. The number of carbonyl (C=O) groups is 2. The van der Waals surface area contributed by atoms with Gasteiger partial charge in [0.2, 0.25) is 5.78 Å². The highest BCUT2D eigenvalue weighted by Gasteiger charge is 2.03. The van der Waals surface area contributed by atoms with Gasteiger partial charge in [-0.3, -0.25) is 9.59 Å². The third kappa shape index (κ3) is 3.61. The minimum Gasteiger partial charge on any atom is -0.287 e. The first-order valence-corrected chi connectivity index (χ1v) is 5.75. The van der Waals surface area contributed by atoms with Crippen LogP contribution in [-0.4, -0.2) is 17.9 Å². The highest BCUT2D eigenvalue weighted by atomic mass is 16.2. The summed E-state index contributed by atoms with van der Waals surface area (Å²) in [5, 5.41) is 3.65. The van der Waals surface area contributed by atoms with Crippen LogP contribution in [0, 0.1) is 0 Å². The molecule has 0 radical (unpaired) electrons. The van der Waals surface area contributed by atoms with Gasteiger partial charge in [0.1, 0.15) is 0 Å². The summed E-state index contributed by atoms with van der Waals surface area (Å²) in [4.78, 5) is 23.3. The van der Waals surface area contributed by atoms with E-state index in [9.17, 15) is 9.59 Å². The molecule has 19 heavy (non-hydrogen) atoms. The summed E-state index contributed by atoms with van der Waals surface area (Å²) in [6.45, 7) is 0. The molecule has 94 valence electrons. The van der Waals surface area contributed by atoms with E-state index in [1.165, 1.54) is 0 Å². The molecule has 0 saturated carbocycles. The van der Waals surface area contributed by atoms with Crippen molar-refractivity contribution in [3.05, 3.63) is 71.8 Å². The molecule has 0 spiro atoms. The van der Waals surface area contributed by atoms with Gasteiger partial charge in [0.15, 0.2) is 0 Å². The molecule has 0 saturated heterocycles. The van der Waals surface area contributed by atoms with Gasteiger partial charge < -0.3 is 0 Å². The standard InChI is InChI=1S/C15H12N2O2/c18-14(12-7-3-1-4-8-12)11-16-17-15(19)13-9-5-2-6-10-13/h1-11H,(H,17,19)/b16-11+. The van der Waals surface area contributed by atoms with Crippen molar-refractivity contribution in [2.75, 3.05) is 0 Å². The lowest BCUT2D eigenvalue weighted by Crippen LogP contribution is -2.18. The fourth-order valence-corrected chi connectivity index (χ4v) is 1.48. The Labute approximate surface area is 110 Å². The summed E-state index contributed by atoms with van der Waals surface area (Å²) in [5.41, 5.74) is 3.33. The minimum absolute atomic E-state index is 0.256. The van der Waals surface area contributed by atoms with E-state index in [1.807, 2.05) is 12.1 Å². The Hall–Kier alpha value is -2.75. The SMILES string of the molecule is O=C(/C=N/NC(=O)c1ccccc1)c1ccccc1. The highest BCUT2D eigenvalue weighted by Crippen LogP contribution is 1.99. The van der Waals surface area contributed by atoms with E-state index in [1.54, 1.807) is 48.5 Å². The van der Waals surface area contributed by atoms with Crippen LogP contribution in [0.25, 0.3) is 0 Å². The molecule has 2 aromatic rings. The van der Waals surface area contributed by atoms with Gasteiger partial charge in [0, 0.05) is 11.1 Å². The van der Waals surface area contributed by atoms with Gasteiger partial charge in [-0.2, -0.15) is 5.10 Å². The van der Waals surface area contributed by atoms with Crippen molar-refractivity contribution in [3.63, 3.8) is 0 Å². The quantitative estimate of drug-likeness (QED) is 0.515.